The monoisotopic (exact) mass is 336 g/mol. The number of alkyl halides is 3. The first kappa shape index (κ1) is 15.7. The van der Waals surface area contributed by atoms with Crippen LogP contribution in [0.3, 0.4) is 0 Å². The van der Waals surface area contributed by atoms with Crippen LogP contribution in [0, 0.1) is 11.3 Å². The molecule has 2 heterocycles. The van der Waals surface area contributed by atoms with Gasteiger partial charge in [-0.05, 0) is 17.7 Å². The molecule has 7 nitrogen and oxygen atoms in total. The second-order valence-corrected chi connectivity index (χ2v) is 4.93. The van der Waals surface area contributed by atoms with Crippen molar-refractivity contribution in [2.24, 2.45) is 5.73 Å². The van der Waals surface area contributed by atoms with E-state index in [1.54, 1.807) is 24.3 Å². The zero-order valence-electron chi connectivity index (χ0n) is 12.3. The molecule has 0 spiro atoms. The smallest absolute Gasteiger partial charge is 0.453 e. The average Bonchev–Trinajstić information content (AvgIpc) is 2.99. The summed E-state index contributed by atoms with van der Waals surface area (Å²) in [5, 5.41) is 15.4. The topological polar surface area (TPSA) is 102 Å². The number of methoxy groups -OCH3 is 1. The highest BCUT2D eigenvalue weighted by Gasteiger charge is 2.39. The molecule has 1 aliphatic rings. The summed E-state index contributed by atoms with van der Waals surface area (Å²) in [7, 11) is 1.51. The van der Waals surface area contributed by atoms with Crippen molar-refractivity contribution in [3.8, 4) is 11.8 Å². The maximum atomic E-state index is 12.8. The summed E-state index contributed by atoms with van der Waals surface area (Å²) in [4.78, 5) is 3.42. The van der Waals surface area contributed by atoms with Crippen LogP contribution in [0.1, 0.15) is 17.4 Å². The Morgan fingerprint density at radius 2 is 2.00 bits per heavy atom. The predicted octanol–water partition coefficient (Wildman–Crippen LogP) is 2.12. The quantitative estimate of drug-likeness (QED) is 0.871. The lowest BCUT2D eigenvalue weighted by molar-refractivity contribution is -0.144. The van der Waals surface area contributed by atoms with Crippen LogP contribution in [-0.2, 0) is 6.18 Å². The predicted molar refractivity (Wildman–Crippen MR) is 77.4 cm³/mol. The summed E-state index contributed by atoms with van der Waals surface area (Å²) < 4.78 is 44.2. The number of fused-ring (bicyclic) bond motifs is 1. The second-order valence-electron chi connectivity index (χ2n) is 4.93. The summed E-state index contributed by atoms with van der Waals surface area (Å²) in [5.74, 6) is -1.11. The van der Waals surface area contributed by atoms with E-state index in [1.807, 2.05) is 6.07 Å². The molecule has 3 N–H and O–H groups in total. The van der Waals surface area contributed by atoms with E-state index < -0.39 is 18.0 Å². The third-order valence-electron chi connectivity index (χ3n) is 3.50. The molecular weight excluding hydrogens is 325 g/mol. The van der Waals surface area contributed by atoms with E-state index in [4.69, 9.17) is 10.5 Å². The van der Waals surface area contributed by atoms with Gasteiger partial charge in [0.15, 0.2) is 0 Å². The third-order valence-corrected chi connectivity index (χ3v) is 3.50. The number of ether oxygens (including phenoxy) is 1. The minimum Gasteiger partial charge on any atom is -0.497 e. The first-order valence-corrected chi connectivity index (χ1v) is 6.70. The number of hydrogen-bond acceptors (Lipinski definition) is 6. The van der Waals surface area contributed by atoms with E-state index >= 15 is 0 Å². The molecule has 1 aromatic heterocycles. The maximum Gasteiger partial charge on any atom is 0.453 e. The van der Waals surface area contributed by atoms with Gasteiger partial charge in [0, 0.05) is 0 Å². The van der Waals surface area contributed by atoms with Gasteiger partial charge >= 0.3 is 6.18 Å². The number of aromatic nitrogens is 3. The maximum absolute atomic E-state index is 12.8. The molecule has 2 aromatic rings. The number of anilines is 1. The van der Waals surface area contributed by atoms with Crippen LogP contribution >= 0.6 is 0 Å². The molecule has 0 aliphatic carbocycles. The Hall–Kier alpha value is -3.22. The van der Waals surface area contributed by atoms with Crippen LogP contribution in [-0.4, -0.2) is 21.9 Å². The molecule has 1 atom stereocenters. The molecule has 0 bridgehead atoms. The molecule has 0 amide bonds. The molecule has 24 heavy (non-hydrogen) atoms. The number of nitrogens with zero attached hydrogens (tertiary/aromatic N) is 4. The lowest BCUT2D eigenvalue weighted by Gasteiger charge is -2.25. The highest BCUT2D eigenvalue weighted by Crippen LogP contribution is 2.35. The second kappa shape index (κ2) is 5.45. The first-order chi connectivity index (χ1) is 11.3. The third kappa shape index (κ3) is 2.50. The molecule has 0 radical (unpaired) electrons. The van der Waals surface area contributed by atoms with Crippen molar-refractivity contribution in [3.63, 3.8) is 0 Å². The number of nitrogens with one attached hydrogen (secondary N) is 1. The Morgan fingerprint density at radius 3 is 2.54 bits per heavy atom. The van der Waals surface area contributed by atoms with E-state index in [2.05, 4.69) is 15.4 Å². The fourth-order valence-corrected chi connectivity index (χ4v) is 2.33. The van der Waals surface area contributed by atoms with Crippen LogP contribution in [0.2, 0.25) is 0 Å². The largest absolute Gasteiger partial charge is 0.497 e. The molecule has 1 aromatic carbocycles. The van der Waals surface area contributed by atoms with Crippen molar-refractivity contribution in [2.45, 2.75) is 12.2 Å². The Morgan fingerprint density at radius 1 is 1.33 bits per heavy atom. The van der Waals surface area contributed by atoms with Crippen molar-refractivity contribution in [2.75, 3.05) is 12.4 Å². The molecule has 0 saturated heterocycles. The minimum absolute atomic E-state index is 0.0475. The normalized spacial score (nSPS) is 17.0. The number of halogens is 3. The molecular formula is C14H11F3N6O. The Kier molecular flexibility index (Phi) is 3.56. The van der Waals surface area contributed by atoms with Crippen LogP contribution in [0.4, 0.5) is 19.1 Å². The van der Waals surface area contributed by atoms with Gasteiger partial charge in [0.05, 0.1) is 18.7 Å². The van der Waals surface area contributed by atoms with Crippen molar-refractivity contribution in [3.05, 3.63) is 41.2 Å². The SMILES string of the molecule is COc1ccc([C@@H]2Nc3nc(C(F)(F)F)nn3C(N)=C2C#N)cc1. The van der Waals surface area contributed by atoms with Gasteiger partial charge in [-0.3, -0.25) is 0 Å². The molecule has 0 unspecified atom stereocenters. The van der Waals surface area contributed by atoms with Crippen molar-refractivity contribution >= 4 is 11.8 Å². The fraction of sp³-hybridized carbons (Fsp3) is 0.214. The van der Waals surface area contributed by atoms with Gasteiger partial charge in [-0.1, -0.05) is 12.1 Å². The lowest BCUT2D eigenvalue weighted by atomic mass is 9.98. The highest BCUT2D eigenvalue weighted by molar-refractivity contribution is 5.65. The number of nitrogens with two attached hydrogens (primary N) is 1. The number of nitriles is 1. The average molecular weight is 336 g/mol. The van der Waals surface area contributed by atoms with Crippen LogP contribution in [0.5, 0.6) is 5.75 Å². The summed E-state index contributed by atoms with van der Waals surface area (Å²) in [6.07, 6.45) is -4.71. The van der Waals surface area contributed by atoms with Gasteiger partial charge in [0.1, 0.15) is 17.6 Å². The number of rotatable bonds is 2. The van der Waals surface area contributed by atoms with E-state index in [1.165, 1.54) is 7.11 Å². The van der Waals surface area contributed by atoms with Gasteiger partial charge in [-0.25, -0.2) is 0 Å². The summed E-state index contributed by atoms with van der Waals surface area (Å²) in [5.41, 5.74) is 6.50. The Balaban J connectivity index is 2.06. The molecule has 1 aliphatic heterocycles. The fourth-order valence-electron chi connectivity index (χ4n) is 2.33. The number of benzene rings is 1. The van der Waals surface area contributed by atoms with Crippen LogP contribution in [0.15, 0.2) is 29.8 Å². The Labute approximate surface area is 134 Å². The van der Waals surface area contributed by atoms with Crippen molar-refractivity contribution in [1.82, 2.24) is 14.8 Å². The van der Waals surface area contributed by atoms with Crippen LogP contribution in [0.25, 0.3) is 5.82 Å². The zero-order chi connectivity index (χ0) is 17.5. The van der Waals surface area contributed by atoms with Gasteiger partial charge in [0.25, 0.3) is 5.82 Å². The van der Waals surface area contributed by atoms with Gasteiger partial charge < -0.3 is 15.8 Å². The van der Waals surface area contributed by atoms with E-state index in [0.29, 0.717) is 11.3 Å². The van der Waals surface area contributed by atoms with Crippen LogP contribution < -0.4 is 15.8 Å². The van der Waals surface area contributed by atoms with E-state index in [9.17, 15) is 18.4 Å². The summed E-state index contributed by atoms with van der Waals surface area (Å²) in [6.45, 7) is 0. The summed E-state index contributed by atoms with van der Waals surface area (Å²) in [6, 6.07) is 7.87. The number of hydrogen-bond donors (Lipinski definition) is 2. The Bertz CT molecular complexity index is 847. The summed E-state index contributed by atoms with van der Waals surface area (Å²) >= 11 is 0. The van der Waals surface area contributed by atoms with Gasteiger partial charge in [-0.2, -0.15) is 28.1 Å². The minimum atomic E-state index is -4.71. The standard InChI is InChI=1S/C14H11F3N6O/c1-24-8-4-2-7(3-5-8)10-9(6-18)11(19)23-13(20-10)21-12(22-23)14(15,16)17/h2-5,10H,19H2,1H3,(H,20,21,22)/t10-/m0/s1. The van der Waals surface area contributed by atoms with Gasteiger partial charge in [0.2, 0.25) is 5.95 Å². The molecule has 3 rings (SSSR count). The lowest BCUT2D eigenvalue weighted by Crippen LogP contribution is -2.27. The highest BCUT2D eigenvalue weighted by atomic mass is 19.4. The van der Waals surface area contributed by atoms with Crippen molar-refractivity contribution in [1.29, 1.82) is 5.26 Å². The molecule has 10 heteroatoms. The van der Waals surface area contributed by atoms with Gasteiger partial charge in [-0.15, -0.1) is 5.10 Å². The molecule has 124 valence electrons. The zero-order valence-corrected chi connectivity index (χ0v) is 12.3. The van der Waals surface area contributed by atoms with Crippen molar-refractivity contribution < 1.29 is 17.9 Å². The first-order valence-electron chi connectivity index (χ1n) is 6.70. The molecule has 0 fully saturated rings. The molecule has 0 saturated carbocycles. The van der Waals surface area contributed by atoms with E-state index in [0.717, 1.165) is 4.68 Å². The van der Waals surface area contributed by atoms with E-state index in [-0.39, 0.29) is 17.3 Å².